The van der Waals surface area contributed by atoms with Crippen molar-refractivity contribution in [3.63, 3.8) is 0 Å². The van der Waals surface area contributed by atoms with Gasteiger partial charge in [-0.05, 0) is 56.8 Å². The Hall–Kier alpha value is -0.280. The third kappa shape index (κ3) is 2.99. The maximum Gasteiger partial charge on any atom is 0.0637 e. The van der Waals surface area contributed by atoms with Gasteiger partial charge in [-0.25, -0.2) is 0 Å². The van der Waals surface area contributed by atoms with Crippen molar-refractivity contribution in [3.05, 3.63) is 33.8 Å². The molecule has 0 aromatic heterocycles. The van der Waals surface area contributed by atoms with Crippen molar-refractivity contribution in [2.75, 3.05) is 13.6 Å². The summed E-state index contributed by atoms with van der Waals surface area (Å²) in [5.41, 5.74) is 1.09. The van der Waals surface area contributed by atoms with Gasteiger partial charge in [0.1, 0.15) is 0 Å². The van der Waals surface area contributed by atoms with Crippen LogP contribution in [0.2, 0.25) is 10.0 Å². The van der Waals surface area contributed by atoms with Crippen LogP contribution in [0.1, 0.15) is 31.2 Å². The van der Waals surface area contributed by atoms with E-state index in [2.05, 4.69) is 17.3 Å². The van der Waals surface area contributed by atoms with Gasteiger partial charge in [-0.2, -0.15) is 0 Å². The second-order valence-electron chi connectivity index (χ2n) is 6.23. The molecule has 2 bridgehead atoms. The van der Waals surface area contributed by atoms with Gasteiger partial charge < -0.3 is 10.2 Å². The Kier molecular flexibility index (Phi) is 4.56. The van der Waals surface area contributed by atoms with Gasteiger partial charge in [0.05, 0.1) is 10.0 Å². The minimum atomic E-state index is 0.642. The fourth-order valence-corrected chi connectivity index (χ4v) is 4.17. The lowest BCUT2D eigenvalue weighted by molar-refractivity contribution is 0.133. The summed E-state index contributed by atoms with van der Waals surface area (Å²) in [5, 5.41) is 4.89. The van der Waals surface area contributed by atoms with Crippen LogP contribution >= 0.6 is 23.2 Å². The molecule has 1 N–H and O–H groups in total. The third-order valence-corrected chi connectivity index (χ3v) is 5.83. The number of piperidine rings is 1. The molecule has 3 rings (SSSR count). The van der Waals surface area contributed by atoms with Crippen LogP contribution in [0.3, 0.4) is 0 Å². The number of benzene rings is 1. The summed E-state index contributed by atoms with van der Waals surface area (Å²) in [6.07, 6.45) is 5.45. The zero-order chi connectivity index (χ0) is 14.1. The van der Waals surface area contributed by atoms with Crippen LogP contribution in [0, 0.1) is 5.92 Å². The van der Waals surface area contributed by atoms with Crippen LogP contribution in [0.25, 0.3) is 0 Å². The Balaban J connectivity index is 1.50. The Bertz CT molecular complexity index is 464. The number of hydrogen-bond acceptors (Lipinski definition) is 2. The highest BCUT2D eigenvalue weighted by Gasteiger charge is 2.37. The SMILES string of the molecule is CN1C2CCC1CC(CNCc1cccc(Cl)c1Cl)C2. The number of nitrogens with zero attached hydrogens (tertiary/aromatic N) is 1. The highest BCUT2D eigenvalue weighted by Crippen LogP contribution is 2.37. The molecule has 2 aliphatic heterocycles. The molecule has 0 spiro atoms. The van der Waals surface area contributed by atoms with E-state index in [1.165, 1.54) is 25.7 Å². The molecular weight excluding hydrogens is 291 g/mol. The minimum absolute atomic E-state index is 0.642. The number of rotatable bonds is 4. The molecule has 2 fully saturated rings. The van der Waals surface area contributed by atoms with Crippen molar-refractivity contribution in [1.82, 2.24) is 10.2 Å². The highest BCUT2D eigenvalue weighted by atomic mass is 35.5. The lowest BCUT2D eigenvalue weighted by Gasteiger charge is -2.36. The third-order valence-electron chi connectivity index (χ3n) is 4.98. The first-order valence-electron chi connectivity index (χ1n) is 7.50. The van der Waals surface area contributed by atoms with E-state index in [1.807, 2.05) is 18.2 Å². The molecular formula is C16H22Cl2N2. The quantitative estimate of drug-likeness (QED) is 0.905. The molecule has 20 heavy (non-hydrogen) atoms. The smallest absolute Gasteiger partial charge is 0.0637 e. The molecule has 2 unspecified atom stereocenters. The van der Waals surface area contributed by atoms with Crippen LogP contribution in [0.5, 0.6) is 0 Å². The van der Waals surface area contributed by atoms with Gasteiger partial charge in [0.15, 0.2) is 0 Å². The number of nitrogens with one attached hydrogen (secondary N) is 1. The predicted molar refractivity (Wildman–Crippen MR) is 85.5 cm³/mol. The van der Waals surface area contributed by atoms with E-state index in [-0.39, 0.29) is 0 Å². The Morgan fingerprint density at radius 3 is 2.60 bits per heavy atom. The molecule has 2 atom stereocenters. The lowest BCUT2D eigenvalue weighted by Crippen LogP contribution is -2.42. The molecule has 0 aliphatic carbocycles. The van der Waals surface area contributed by atoms with Crippen molar-refractivity contribution < 1.29 is 0 Å². The maximum absolute atomic E-state index is 6.21. The molecule has 1 aromatic rings. The van der Waals surface area contributed by atoms with Gasteiger partial charge in [-0.15, -0.1) is 0 Å². The summed E-state index contributed by atoms with van der Waals surface area (Å²) in [7, 11) is 2.29. The first kappa shape index (κ1) is 14.6. The van der Waals surface area contributed by atoms with Crippen LogP contribution in [0.15, 0.2) is 18.2 Å². The molecule has 0 radical (unpaired) electrons. The standard InChI is InChI=1S/C16H22Cl2N2/c1-20-13-5-6-14(20)8-11(7-13)9-19-10-12-3-2-4-15(17)16(12)18/h2-4,11,13-14,19H,5-10H2,1H3. The number of hydrogen-bond donors (Lipinski definition) is 1. The van der Waals surface area contributed by atoms with E-state index in [9.17, 15) is 0 Å². The van der Waals surface area contributed by atoms with Crippen molar-refractivity contribution in [2.45, 2.75) is 44.3 Å². The monoisotopic (exact) mass is 312 g/mol. The zero-order valence-corrected chi connectivity index (χ0v) is 13.4. The number of halogens is 2. The van der Waals surface area contributed by atoms with Crippen LogP contribution < -0.4 is 5.32 Å². The Labute approximate surface area is 131 Å². The van der Waals surface area contributed by atoms with Gasteiger partial charge in [-0.3, -0.25) is 0 Å². The molecule has 0 saturated carbocycles. The minimum Gasteiger partial charge on any atom is -0.312 e. The van der Waals surface area contributed by atoms with Gasteiger partial charge in [0, 0.05) is 18.6 Å². The van der Waals surface area contributed by atoms with Crippen molar-refractivity contribution in [2.24, 2.45) is 5.92 Å². The van der Waals surface area contributed by atoms with Crippen LogP contribution in [-0.2, 0) is 6.54 Å². The predicted octanol–water partition coefficient (Wildman–Crippen LogP) is 3.96. The average molecular weight is 313 g/mol. The highest BCUT2D eigenvalue weighted by molar-refractivity contribution is 6.42. The molecule has 1 aromatic carbocycles. The first-order chi connectivity index (χ1) is 9.65. The molecule has 4 heteroatoms. The van der Waals surface area contributed by atoms with Crippen molar-refractivity contribution in [3.8, 4) is 0 Å². The molecule has 2 saturated heterocycles. The first-order valence-corrected chi connectivity index (χ1v) is 8.26. The van der Waals surface area contributed by atoms with E-state index in [0.29, 0.717) is 10.0 Å². The second-order valence-corrected chi connectivity index (χ2v) is 7.02. The summed E-state index contributed by atoms with van der Waals surface area (Å²) in [5.74, 6) is 0.807. The van der Waals surface area contributed by atoms with Gasteiger partial charge in [0.25, 0.3) is 0 Å². The molecule has 0 amide bonds. The molecule has 2 heterocycles. The fraction of sp³-hybridized carbons (Fsp3) is 0.625. The summed E-state index contributed by atoms with van der Waals surface area (Å²) < 4.78 is 0. The molecule has 110 valence electrons. The summed E-state index contributed by atoms with van der Waals surface area (Å²) in [4.78, 5) is 2.59. The van der Waals surface area contributed by atoms with Gasteiger partial charge in [0.2, 0.25) is 0 Å². The Morgan fingerprint density at radius 2 is 1.90 bits per heavy atom. The molecule has 2 aliphatic rings. The molecule has 2 nitrogen and oxygen atoms in total. The average Bonchev–Trinajstić information content (AvgIpc) is 2.65. The van der Waals surface area contributed by atoms with Crippen molar-refractivity contribution >= 4 is 23.2 Å². The largest absolute Gasteiger partial charge is 0.312 e. The maximum atomic E-state index is 6.21. The zero-order valence-electron chi connectivity index (χ0n) is 11.9. The summed E-state index contributed by atoms with van der Waals surface area (Å²) in [6, 6.07) is 7.47. The lowest BCUT2D eigenvalue weighted by atomic mass is 9.91. The summed E-state index contributed by atoms with van der Waals surface area (Å²) >= 11 is 12.3. The number of fused-ring (bicyclic) bond motifs is 2. The van der Waals surface area contributed by atoms with E-state index in [0.717, 1.165) is 36.7 Å². The summed E-state index contributed by atoms with van der Waals surface area (Å²) in [6.45, 7) is 1.89. The van der Waals surface area contributed by atoms with Crippen LogP contribution in [-0.4, -0.2) is 30.6 Å². The van der Waals surface area contributed by atoms with Crippen LogP contribution in [0.4, 0.5) is 0 Å². The van der Waals surface area contributed by atoms with E-state index < -0.39 is 0 Å². The van der Waals surface area contributed by atoms with E-state index in [4.69, 9.17) is 23.2 Å². The van der Waals surface area contributed by atoms with Gasteiger partial charge >= 0.3 is 0 Å². The van der Waals surface area contributed by atoms with E-state index >= 15 is 0 Å². The fourth-order valence-electron chi connectivity index (χ4n) is 3.79. The normalized spacial score (nSPS) is 29.9. The van der Waals surface area contributed by atoms with Crippen molar-refractivity contribution in [1.29, 1.82) is 0 Å². The topological polar surface area (TPSA) is 15.3 Å². The second kappa shape index (κ2) is 6.23. The van der Waals surface area contributed by atoms with Gasteiger partial charge in [-0.1, -0.05) is 35.3 Å². The Morgan fingerprint density at radius 1 is 1.20 bits per heavy atom. The van der Waals surface area contributed by atoms with E-state index in [1.54, 1.807) is 0 Å².